The van der Waals surface area contributed by atoms with Crippen LogP contribution >= 0.6 is 0 Å². The minimum atomic E-state index is -0.516. The Hall–Kier alpha value is -2.31. The summed E-state index contributed by atoms with van der Waals surface area (Å²) in [5.74, 6) is -0.0302. The summed E-state index contributed by atoms with van der Waals surface area (Å²) in [6, 6.07) is 5.19. The molecule has 0 spiro atoms. The van der Waals surface area contributed by atoms with Gasteiger partial charge in [0.15, 0.2) is 0 Å². The van der Waals surface area contributed by atoms with Crippen LogP contribution in [0.3, 0.4) is 0 Å². The maximum atomic E-state index is 12.0. The van der Waals surface area contributed by atoms with Crippen LogP contribution in [0.15, 0.2) is 18.2 Å². The lowest BCUT2D eigenvalue weighted by atomic mass is 9.89. The van der Waals surface area contributed by atoms with E-state index in [4.69, 9.17) is 0 Å². The van der Waals surface area contributed by atoms with E-state index in [-0.39, 0.29) is 16.5 Å². The van der Waals surface area contributed by atoms with Crippen molar-refractivity contribution in [2.75, 3.05) is 37.4 Å². The van der Waals surface area contributed by atoms with E-state index in [9.17, 15) is 14.9 Å². The molecule has 1 aliphatic heterocycles. The molecule has 0 saturated carbocycles. The van der Waals surface area contributed by atoms with E-state index in [1.807, 2.05) is 11.8 Å². The average Bonchev–Trinajstić information content (AvgIpc) is 2.89. The second-order valence-corrected chi connectivity index (χ2v) is 5.49. The Labute approximate surface area is 123 Å². The zero-order valence-corrected chi connectivity index (χ0v) is 12.5. The van der Waals surface area contributed by atoms with Gasteiger partial charge in [-0.3, -0.25) is 14.9 Å². The summed E-state index contributed by atoms with van der Waals surface area (Å²) in [4.78, 5) is 24.9. The monoisotopic (exact) mass is 292 g/mol. The molecule has 1 atom stereocenters. The molecular formula is C14H20N4O3. The van der Waals surface area contributed by atoms with Crippen molar-refractivity contribution < 1.29 is 9.72 Å². The van der Waals surface area contributed by atoms with Crippen molar-refractivity contribution in [3.05, 3.63) is 28.3 Å². The minimum absolute atomic E-state index is 0.0302. The van der Waals surface area contributed by atoms with Crippen molar-refractivity contribution in [1.82, 2.24) is 5.32 Å². The number of carbonyl (C=O) groups excluding carboxylic acids is 1. The molecule has 1 fully saturated rings. The predicted molar refractivity (Wildman–Crippen MR) is 81.6 cm³/mol. The average molecular weight is 292 g/mol. The first-order valence-corrected chi connectivity index (χ1v) is 6.85. The van der Waals surface area contributed by atoms with E-state index < -0.39 is 5.41 Å². The minimum Gasteiger partial charge on any atom is -0.382 e. The fourth-order valence-corrected chi connectivity index (χ4v) is 2.83. The van der Waals surface area contributed by atoms with Crippen molar-refractivity contribution >= 4 is 23.0 Å². The van der Waals surface area contributed by atoms with Crippen LogP contribution in [0.5, 0.6) is 0 Å². The Balaban J connectivity index is 2.36. The summed E-state index contributed by atoms with van der Waals surface area (Å²) >= 11 is 0. The van der Waals surface area contributed by atoms with Crippen molar-refractivity contribution in [3.63, 3.8) is 0 Å². The van der Waals surface area contributed by atoms with E-state index >= 15 is 0 Å². The Bertz CT molecular complexity index is 575. The quantitative estimate of drug-likeness (QED) is 0.650. The van der Waals surface area contributed by atoms with Crippen LogP contribution in [0.1, 0.15) is 13.3 Å². The predicted octanol–water partition coefficient (Wildman–Crippen LogP) is 1.60. The molecule has 1 saturated heterocycles. The molecule has 1 amide bonds. The molecule has 1 aliphatic rings. The number of carbonyl (C=O) groups is 1. The highest BCUT2D eigenvalue weighted by Gasteiger charge is 2.41. The lowest BCUT2D eigenvalue weighted by Crippen LogP contribution is -2.39. The van der Waals surface area contributed by atoms with Gasteiger partial charge in [-0.25, -0.2) is 0 Å². The number of anilines is 2. The molecule has 21 heavy (non-hydrogen) atoms. The van der Waals surface area contributed by atoms with Gasteiger partial charge in [0.05, 0.1) is 10.3 Å². The number of nitrogens with zero attached hydrogens (tertiary/aromatic N) is 2. The van der Waals surface area contributed by atoms with E-state index in [0.29, 0.717) is 30.9 Å². The van der Waals surface area contributed by atoms with Gasteiger partial charge in [-0.05, 0) is 25.5 Å². The number of benzene rings is 1. The zero-order chi connectivity index (χ0) is 15.6. The van der Waals surface area contributed by atoms with E-state index in [1.54, 1.807) is 32.3 Å². The van der Waals surface area contributed by atoms with Crippen molar-refractivity contribution in [2.45, 2.75) is 13.3 Å². The summed E-state index contributed by atoms with van der Waals surface area (Å²) < 4.78 is 0. The molecule has 0 aromatic heterocycles. The van der Waals surface area contributed by atoms with Gasteiger partial charge in [-0.2, -0.15) is 0 Å². The number of para-hydroxylation sites is 1. The largest absolute Gasteiger partial charge is 0.382 e. The van der Waals surface area contributed by atoms with Crippen LogP contribution in [0.4, 0.5) is 17.1 Å². The second-order valence-electron chi connectivity index (χ2n) is 5.49. The third-order valence-corrected chi connectivity index (χ3v) is 4.06. The normalized spacial score (nSPS) is 21.2. The van der Waals surface area contributed by atoms with Gasteiger partial charge in [-0.1, -0.05) is 6.07 Å². The number of amides is 1. The van der Waals surface area contributed by atoms with Crippen molar-refractivity contribution in [3.8, 4) is 0 Å². The second kappa shape index (κ2) is 5.59. The molecule has 0 radical (unpaired) electrons. The van der Waals surface area contributed by atoms with Crippen LogP contribution in [0.2, 0.25) is 0 Å². The molecule has 0 aliphatic carbocycles. The van der Waals surface area contributed by atoms with Gasteiger partial charge in [0, 0.05) is 27.2 Å². The van der Waals surface area contributed by atoms with Gasteiger partial charge in [-0.15, -0.1) is 0 Å². The molecule has 1 aromatic carbocycles. The number of nitrogens with one attached hydrogen (secondary N) is 2. The van der Waals surface area contributed by atoms with E-state index in [2.05, 4.69) is 10.6 Å². The van der Waals surface area contributed by atoms with Gasteiger partial charge in [0.1, 0.15) is 11.4 Å². The Morgan fingerprint density at radius 1 is 1.43 bits per heavy atom. The third-order valence-electron chi connectivity index (χ3n) is 4.06. The molecular weight excluding hydrogens is 272 g/mol. The molecule has 2 rings (SSSR count). The van der Waals surface area contributed by atoms with Gasteiger partial charge in [0.25, 0.3) is 0 Å². The van der Waals surface area contributed by atoms with Crippen LogP contribution in [-0.2, 0) is 4.79 Å². The number of nitro groups is 1. The summed E-state index contributed by atoms with van der Waals surface area (Å²) in [6.45, 7) is 2.98. The van der Waals surface area contributed by atoms with Gasteiger partial charge in [0.2, 0.25) is 5.91 Å². The van der Waals surface area contributed by atoms with Crippen LogP contribution in [0.25, 0.3) is 0 Å². The highest BCUT2D eigenvalue weighted by atomic mass is 16.6. The highest BCUT2D eigenvalue weighted by molar-refractivity contribution is 5.84. The number of rotatable bonds is 4. The van der Waals surface area contributed by atoms with Crippen molar-refractivity contribution in [1.29, 1.82) is 0 Å². The Kier molecular flexibility index (Phi) is 4.02. The maximum Gasteiger partial charge on any atom is 0.315 e. The number of hydrogen-bond donors (Lipinski definition) is 2. The molecule has 7 heteroatoms. The number of hydrogen-bond acceptors (Lipinski definition) is 5. The topological polar surface area (TPSA) is 87.5 Å². The number of nitro benzene ring substituents is 1. The first-order valence-electron chi connectivity index (χ1n) is 6.85. The molecule has 1 heterocycles. The first kappa shape index (κ1) is 15.1. The first-order chi connectivity index (χ1) is 9.92. The third kappa shape index (κ3) is 2.63. The Morgan fingerprint density at radius 3 is 2.71 bits per heavy atom. The van der Waals surface area contributed by atoms with E-state index in [1.165, 1.54) is 0 Å². The summed E-state index contributed by atoms with van der Waals surface area (Å²) in [5, 5.41) is 16.9. The summed E-state index contributed by atoms with van der Waals surface area (Å²) in [6.07, 6.45) is 0.674. The van der Waals surface area contributed by atoms with Crippen LogP contribution in [-0.4, -0.2) is 38.0 Å². The standard InChI is InChI=1S/C14H20N4O3/c1-14(13(19)16-3)7-8-17(9-14)11-6-4-5-10(15-2)12(11)18(20)21/h4-6,15H,7-9H2,1-3H3,(H,16,19). The fourth-order valence-electron chi connectivity index (χ4n) is 2.83. The van der Waals surface area contributed by atoms with Crippen LogP contribution < -0.4 is 15.5 Å². The summed E-state index contributed by atoms with van der Waals surface area (Å²) in [7, 11) is 3.27. The van der Waals surface area contributed by atoms with Gasteiger partial charge >= 0.3 is 5.69 Å². The maximum absolute atomic E-state index is 12.0. The smallest absolute Gasteiger partial charge is 0.315 e. The highest BCUT2D eigenvalue weighted by Crippen LogP contribution is 2.40. The zero-order valence-electron chi connectivity index (χ0n) is 12.5. The molecule has 114 valence electrons. The van der Waals surface area contributed by atoms with Crippen LogP contribution in [0, 0.1) is 15.5 Å². The van der Waals surface area contributed by atoms with Gasteiger partial charge < -0.3 is 15.5 Å². The van der Waals surface area contributed by atoms with E-state index in [0.717, 1.165) is 0 Å². The SMILES string of the molecule is CNC(=O)C1(C)CCN(c2cccc(NC)c2[N+](=O)[O-])C1. The molecule has 1 aromatic rings. The molecule has 2 N–H and O–H groups in total. The summed E-state index contributed by atoms with van der Waals surface area (Å²) in [5.41, 5.74) is 0.574. The fraction of sp³-hybridized carbons (Fsp3) is 0.500. The lowest BCUT2D eigenvalue weighted by molar-refractivity contribution is -0.383. The Morgan fingerprint density at radius 2 is 2.14 bits per heavy atom. The van der Waals surface area contributed by atoms with Crippen molar-refractivity contribution in [2.24, 2.45) is 5.41 Å². The lowest BCUT2D eigenvalue weighted by Gasteiger charge is -2.24. The molecule has 0 bridgehead atoms. The molecule has 1 unspecified atom stereocenters. The molecule has 7 nitrogen and oxygen atoms in total.